The Morgan fingerprint density at radius 3 is 2.63 bits per heavy atom. The van der Waals surface area contributed by atoms with E-state index < -0.39 is 5.91 Å². The lowest BCUT2D eigenvalue weighted by Gasteiger charge is -2.41. The third-order valence-corrected chi connectivity index (χ3v) is 6.10. The molecule has 3 aliphatic rings. The summed E-state index contributed by atoms with van der Waals surface area (Å²) in [5.41, 5.74) is 10.3. The van der Waals surface area contributed by atoms with E-state index >= 15 is 0 Å². The molecule has 138 valence electrons. The number of carbonyl (C=O) groups excluding carboxylic acids is 1. The number of nitrogens with zero attached hydrogens (tertiary/aromatic N) is 3. The van der Waals surface area contributed by atoms with E-state index in [2.05, 4.69) is 44.5 Å². The Balaban J connectivity index is 1.41. The Kier molecular flexibility index (Phi) is 3.85. The van der Waals surface area contributed by atoms with E-state index in [1.54, 1.807) is 6.20 Å². The average molecular weight is 361 g/mol. The first-order valence-electron chi connectivity index (χ1n) is 9.64. The quantitative estimate of drug-likeness (QED) is 0.875. The smallest absolute Gasteiger partial charge is 0.252 e. The van der Waals surface area contributed by atoms with Crippen molar-refractivity contribution >= 4 is 23.4 Å². The maximum absolute atomic E-state index is 11.9. The number of aromatic nitrogens is 2. The van der Waals surface area contributed by atoms with Crippen molar-refractivity contribution in [2.75, 3.05) is 10.2 Å². The van der Waals surface area contributed by atoms with Gasteiger partial charge in [-0.1, -0.05) is 12.2 Å². The molecule has 1 aliphatic carbocycles. The molecule has 0 spiro atoms. The standard InChI is InChI=1S/C21H23N5O/c22-21(27)18-12-24-19-3-1-2-17(19)20(18)25-13-10-15-4-5-16(11-13)26(15)14-6-8-23-9-7-14/h1-2,6-9,12-13,15-16H,3-5,10-11H2,(H2,22,27)(H,24,25)/t15-,16-/m0/s1. The fraction of sp³-hybridized carbons (Fsp3) is 0.381. The molecular weight excluding hydrogens is 338 g/mol. The molecule has 2 fully saturated rings. The van der Waals surface area contributed by atoms with Gasteiger partial charge in [0.1, 0.15) is 0 Å². The number of hydrogen-bond donors (Lipinski definition) is 2. The van der Waals surface area contributed by atoms with Gasteiger partial charge >= 0.3 is 0 Å². The van der Waals surface area contributed by atoms with Gasteiger partial charge in [0.2, 0.25) is 0 Å². The molecule has 2 saturated heterocycles. The summed E-state index contributed by atoms with van der Waals surface area (Å²) in [4.78, 5) is 23.1. The Labute approximate surface area is 158 Å². The highest BCUT2D eigenvalue weighted by Gasteiger charge is 2.41. The second kappa shape index (κ2) is 6.37. The Bertz CT molecular complexity index is 896. The van der Waals surface area contributed by atoms with Crippen molar-refractivity contribution in [1.29, 1.82) is 0 Å². The fourth-order valence-electron chi connectivity index (χ4n) is 4.98. The summed E-state index contributed by atoms with van der Waals surface area (Å²) >= 11 is 0. The molecular formula is C21H23N5O. The number of primary amides is 1. The number of nitrogens with two attached hydrogens (primary N) is 1. The Hall–Kier alpha value is -2.89. The van der Waals surface area contributed by atoms with Gasteiger partial charge in [0.15, 0.2) is 0 Å². The molecule has 4 heterocycles. The van der Waals surface area contributed by atoms with Crippen molar-refractivity contribution in [2.24, 2.45) is 5.73 Å². The minimum atomic E-state index is -0.426. The third kappa shape index (κ3) is 2.76. The van der Waals surface area contributed by atoms with Crippen molar-refractivity contribution in [2.45, 2.75) is 50.2 Å². The van der Waals surface area contributed by atoms with Crippen LogP contribution in [-0.2, 0) is 6.42 Å². The fourth-order valence-corrected chi connectivity index (χ4v) is 4.98. The van der Waals surface area contributed by atoms with Crippen molar-refractivity contribution in [3.05, 3.63) is 53.6 Å². The van der Waals surface area contributed by atoms with Crippen LogP contribution >= 0.6 is 0 Å². The largest absolute Gasteiger partial charge is 0.381 e. The van der Waals surface area contributed by atoms with Crippen molar-refractivity contribution in [1.82, 2.24) is 9.97 Å². The molecule has 6 heteroatoms. The highest BCUT2D eigenvalue weighted by atomic mass is 16.1. The van der Waals surface area contributed by atoms with Crippen LogP contribution in [-0.4, -0.2) is 34.0 Å². The molecule has 6 nitrogen and oxygen atoms in total. The van der Waals surface area contributed by atoms with Gasteiger partial charge in [0.05, 0.1) is 16.9 Å². The van der Waals surface area contributed by atoms with Crippen LogP contribution in [0.15, 0.2) is 36.8 Å². The van der Waals surface area contributed by atoms with Gasteiger partial charge in [-0.3, -0.25) is 14.8 Å². The van der Waals surface area contributed by atoms with Gasteiger partial charge in [-0.15, -0.1) is 0 Å². The number of hydrogen-bond acceptors (Lipinski definition) is 5. The molecule has 0 radical (unpaired) electrons. The topological polar surface area (TPSA) is 84.1 Å². The summed E-state index contributed by atoms with van der Waals surface area (Å²) in [6, 6.07) is 5.58. The summed E-state index contributed by atoms with van der Waals surface area (Å²) in [5.74, 6) is -0.426. The predicted molar refractivity (Wildman–Crippen MR) is 106 cm³/mol. The van der Waals surface area contributed by atoms with Crippen LogP contribution in [0.25, 0.3) is 6.08 Å². The van der Waals surface area contributed by atoms with E-state index in [9.17, 15) is 4.79 Å². The summed E-state index contributed by atoms with van der Waals surface area (Å²) < 4.78 is 0. The maximum atomic E-state index is 11.9. The molecule has 3 N–H and O–H groups in total. The maximum Gasteiger partial charge on any atom is 0.252 e. The molecule has 0 unspecified atom stereocenters. The first kappa shape index (κ1) is 16.3. The van der Waals surface area contributed by atoms with Gasteiger partial charge in [-0.25, -0.2) is 0 Å². The lowest BCUT2D eigenvalue weighted by Crippen LogP contribution is -2.47. The van der Waals surface area contributed by atoms with E-state index in [-0.39, 0.29) is 0 Å². The SMILES string of the molecule is NC(=O)c1cnc2c(c1NC1C[C@@H]3CC[C@@H](C1)N3c1ccncc1)C=CC2. The molecule has 2 aliphatic heterocycles. The highest BCUT2D eigenvalue weighted by molar-refractivity contribution is 6.00. The van der Waals surface area contributed by atoms with E-state index in [4.69, 9.17) is 5.73 Å². The Morgan fingerprint density at radius 1 is 1.19 bits per heavy atom. The predicted octanol–water partition coefficient (Wildman–Crippen LogP) is 2.76. The zero-order valence-corrected chi connectivity index (χ0v) is 15.1. The summed E-state index contributed by atoms with van der Waals surface area (Å²) in [6.07, 6.45) is 14.8. The second-order valence-electron chi connectivity index (χ2n) is 7.69. The van der Waals surface area contributed by atoms with Gasteiger partial charge < -0.3 is 16.0 Å². The second-order valence-corrected chi connectivity index (χ2v) is 7.69. The summed E-state index contributed by atoms with van der Waals surface area (Å²) in [6.45, 7) is 0. The summed E-state index contributed by atoms with van der Waals surface area (Å²) in [5, 5.41) is 3.67. The molecule has 2 aromatic heterocycles. The zero-order chi connectivity index (χ0) is 18.4. The van der Waals surface area contributed by atoms with Crippen LogP contribution in [0.3, 0.4) is 0 Å². The third-order valence-electron chi connectivity index (χ3n) is 6.10. The molecule has 0 saturated carbocycles. The molecule has 2 aromatic rings. The first-order chi connectivity index (χ1) is 13.2. The number of rotatable bonds is 4. The minimum absolute atomic E-state index is 0.333. The lowest BCUT2D eigenvalue weighted by atomic mass is 9.95. The number of nitrogens with one attached hydrogen (secondary N) is 1. The van der Waals surface area contributed by atoms with Crippen LogP contribution in [0.5, 0.6) is 0 Å². The number of anilines is 2. The number of fused-ring (bicyclic) bond motifs is 3. The highest BCUT2D eigenvalue weighted by Crippen LogP contribution is 2.41. The molecule has 1 amide bonds. The first-order valence-corrected chi connectivity index (χ1v) is 9.64. The number of carbonyl (C=O) groups is 1. The minimum Gasteiger partial charge on any atom is -0.381 e. The number of allylic oxidation sites excluding steroid dienone is 1. The van der Waals surface area contributed by atoms with Gasteiger partial charge in [0.25, 0.3) is 5.91 Å². The molecule has 0 aromatic carbocycles. The van der Waals surface area contributed by atoms with Crippen LogP contribution < -0.4 is 16.0 Å². The molecule has 27 heavy (non-hydrogen) atoms. The van der Waals surface area contributed by atoms with Crippen LogP contribution in [0, 0.1) is 0 Å². The lowest BCUT2D eigenvalue weighted by molar-refractivity contribution is 0.100. The molecule has 2 bridgehead atoms. The zero-order valence-electron chi connectivity index (χ0n) is 15.1. The Morgan fingerprint density at radius 2 is 1.93 bits per heavy atom. The van der Waals surface area contributed by atoms with E-state index in [1.807, 2.05) is 12.4 Å². The average Bonchev–Trinajstić information content (AvgIpc) is 3.25. The molecule has 5 rings (SSSR count). The number of amides is 1. The molecule has 2 atom stereocenters. The number of pyridine rings is 2. The van der Waals surface area contributed by atoms with E-state index in [0.29, 0.717) is 23.7 Å². The van der Waals surface area contributed by atoms with Gasteiger partial charge in [0, 0.05) is 54.4 Å². The van der Waals surface area contributed by atoms with Gasteiger partial charge in [-0.05, 0) is 37.8 Å². The van der Waals surface area contributed by atoms with Crippen molar-refractivity contribution < 1.29 is 4.79 Å². The van der Waals surface area contributed by atoms with Crippen LogP contribution in [0.4, 0.5) is 11.4 Å². The van der Waals surface area contributed by atoms with Crippen LogP contribution in [0.1, 0.15) is 47.3 Å². The monoisotopic (exact) mass is 361 g/mol. The van der Waals surface area contributed by atoms with Crippen LogP contribution in [0.2, 0.25) is 0 Å². The normalized spacial score (nSPS) is 25.5. The summed E-state index contributed by atoms with van der Waals surface area (Å²) in [7, 11) is 0. The van der Waals surface area contributed by atoms with Crippen molar-refractivity contribution in [3.8, 4) is 0 Å². The van der Waals surface area contributed by atoms with E-state index in [0.717, 1.165) is 36.2 Å². The van der Waals surface area contributed by atoms with Gasteiger partial charge in [-0.2, -0.15) is 0 Å². The van der Waals surface area contributed by atoms with Crippen molar-refractivity contribution in [3.63, 3.8) is 0 Å². The number of piperidine rings is 1. The van der Waals surface area contributed by atoms with E-state index in [1.165, 1.54) is 18.5 Å².